The number of likely N-dealkylation sites (N-methyl/N-ethyl adjacent to an activating group) is 1. The molecule has 4 heteroatoms. The van der Waals surface area contributed by atoms with Crippen molar-refractivity contribution in [3.63, 3.8) is 0 Å². The SMILES string of the molecule is CCN(CC)C(=O)CN1CC(C)CC(C)C1CN. The van der Waals surface area contributed by atoms with E-state index < -0.39 is 0 Å². The second kappa shape index (κ2) is 7.10. The van der Waals surface area contributed by atoms with E-state index in [2.05, 4.69) is 18.7 Å². The van der Waals surface area contributed by atoms with Crippen molar-refractivity contribution in [3.05, 3.63) is 0 Å². The van der Waals surface area contributed by atoms with Crippen LogP contribution >= 0.6 is 0 Å². The highest BCUT2D eigenvalue weighted by atomic mass is 16.2. The smallest absolute Gasteiger partial charge is 0.236 e. The monoisotopic (exact) mass is 255 g/mol. The predicted molar refractivity (Wildman–Crippen MR) is 75.3 cm³/mol. The van der Waals surface area contributed by atoms with Gasteiger partial charge in [0.15, 0.2) is 0 Å². The molecule has 18 heavy (non-hydrogen) atoms. The van der Waals surface area contributed by atoms with Gasteiger partial charge in [0.05, 0.1) is 6.54 Å². The maximum atomic E-state index is 12.2. The van der Waals surface area contributed by atoms with E-state index in [1.165, 1.54) is 6.42 Å². The maximum absolute atomic E-state index is 12.2. The Kier molecular flexibility index (Phi) is 6.09. The quantitative estimate of drug-likeness (QED) is 0.802. The molecule has 2 N–H and O–H groups in total. The molecule has 0 radical (unpaired) electrons. The minimum Gasteiger partial charge on any atom is -0.342 e. The summed E-state index contributed by atoms with van der Waals surface area (Å²) in [6, 6.07) is 0.362. The molecule has 106 valence electrons. The molecule has 1 amide bonds. The van der Waals surface area contributed by atoms with Crippen LogP contribution in [0.3, 0.4) is 0 Å². The standard InChI is InChI=1S/C14H29N3O/c1-5-16(6-2)14(18)10-17-9-11(3)7-12(4)13(17)8-15/h11-13H,5-10,15H2,1-4H3. The van der Waals surface area contributed by atoms with Crippen molar-refractivity contribution < 1.29 is 4.79 Å². The molecule has 1 fully saturated rings. The first-order chi connectivity index (χ1) is 8.53. The normalized spacial score (nSPS) is 29.3. The highest BCUT2D eigenvalue weighted by molar-refractivity contribution is 5.78. The van der Waals surface area contributed by atoms with Crippen molar-refractivity contribution in [2.45, 2.75) is 40.2 Å². The fraction of sp³-hybridized carbons (Fsp3) is 0.929. The second-order valence-electron chi connectivity index (χ2n) is 5.62. The fourth-order valence-electron chi connectivity index (χ4n) is 3.18. The molecule has 0 saturated carbocycles. The highest BCUT2D eigenvalue weighted by Gasteiger charge is 2.32. The van der Waals surface area contributed by atoms with Crippen molar-refractivity contribution in [2.75, 3.05) is 32.7 Å². The zero-order valence-electron chi connectivity index (χ0n) is 12.4. The van der Waals surface area contributed by atoms with Crippen LogP contribution in [0.2, 0.25) is 0 Å². The zero-order valence-corrected chi connectivity index (χ0v) is 12.4. The summed E-state index contributed by atoms with van der Waals surface area (Å²) in [6.45, 7) is 12.3. The van der Waals surface area contributed by atoms with E-state index in [4.69, 9.17) is 5.73 Å². The van der Waals surface area contributed by atoms with E-state index >= 15 is 0 Å². The van der Waals surface area contributed by atoms with Crippen molar-refractivity contribution in [2.24, 2.45) is 17.6 Å². The Hall–Kier alpha value is -0.610. The van der Waals surface area contributed by atoms with Crippen LogP contribution in [0.25, 0.3) is 0 Å². The van der Waals surface area contributed by atoms with Gasteiger partial charge in [-0.3, -0.25) is 9.69 Å². The van der Waals surface area contributed by atoms with Gasteiger partial charge in [0.25, 0.3) is 0 Å². The molecule has 1 saturated heterocycles. The second-order valence-corrected chi connectivity index (χ2v) is 5.62. The molecule has 1 heterocycles. The number of likely N-dealkylation sites (tertiary alicyclic amines) is 1. The number of hydrogen-bond donors (Lipinski definition) is 1. The number of nitrogens with zero attached hydrogens (tertiary/aromatic N) is 2. The average Bonchev–Trinajstić information content (AvgIpc) is 2.30. The molecule has 1 rings (SSSR count). The summed E-state index contributed by atoms with van der Waals surface area (Å²) in [7, 11) is 0. The molecule has 0 aromatic heterocycles. The Morgan fingerprint density at radius 3 is 2.44 bits per heavy atom. The first-order valence-electron chi connectivity index (χ1n) is 7.25. The molecule has 0 bridgehead atoms. The zero-order chi connectivity index (χ0) is 13.7. The van der Waals surface area contributed by atoms with E-state index in [1.807, 2.05) is 18.7 Å². The topological polar surface area (TPSA) is 49.6 Å². The van der Waals surface area contributed by atoms with Crippen LogP contribution in [0.15, 0.2) is 0 Å². The summed E-state index contributed by atoms with van der Waals surface area (Å²) >= 11 is 0. The van der Waals surface area contributed by atoms with Gasteiger partial charge in [0.1, 0.15) is 0 Å². The Morgan fingerprint density at radius 1 is 1.33 bits per heavy atom. The Balaban J connectivity index is 2.64. The lowest BCUT2D eigenvalue weighted by Crippen LogP contribution is -2.54. The maximum Gasteiger partial charge on any atom is 0.236 e. The summed E-state index contributed by atoms with van der Waals surface area (Å²) in [4.78, 5) is 16.4. The van der Waals surface area contributed by atoms with E-state index in [1.54, 1.807) is 0 Å². The predicted octanol–water partition coefficient (Wildman–Crippen LogP) is 1.16. The molecule has 0 aliphatic carbocycles. The third kappa shape index (κ3) is 3.69. The molecule has 1 aliphatic rings. The van der Waals surface area contributed by atoms with Gasteiger partial charge in [-0.05, 0) is 32.1 Å². The number of carbonyl (C=O) groups is 1. The van der Waals surface area contributed by atoms with Gasteiger partial charge in [-0.2, -0.15) is 0 Å². The molecule has 3 unspecified atom stereocenters. The van der Waals surface area contributed by atoms with E-state index in [0.29, 0.717) is 31.0 Å². The summed E-state index contributed by atoms with van der Waals surface area (Å²) in [5.41, 5.74) is 5.88. The molecule has 0 aromatic rings. The van der Waals surface area contributed by atoms with Gasteiger partial charge in [0, 0.05) is 32.2 Å². The Bertz CT molecular complexity index is 266. The van der Waals surface area contributed by atoms with Crippen LogP contribution < -0.4 is 5.73 Å². The molecule has 3 atom stereocenters. The van der Waals surface area contributed by atoms with Crippen LogP contribution in [-0.2, 0) is 4.79 Å². The number of nitrogens with two attached hydrogens (primary N) is 1. The third-order valence-electron chi connectivity index (χ3n) is 4.14. The number of amides is 1. The minimum absolute atomic E-state index is 0.236. The Morgan fingerprint density at radius 2 is 1.94 bits per heavy atom. The molecule has 1 aliphatic heterocycles. The van der Waals surface area contributed by atoms with Crippen LogP contribution in [0.1, 0.15) is 34.1 Å². The van der Waals surface area contributed by atoms with Crippen molar-refractivity contribution >= 4 is 5.91 Å². The average molecular weight is 255 g/mol. The van der Waals surface area contributed by atoms with Gasteiger partial charge in [-0.1, -0.05) is 13.8 Å². The van der Waals surface area contributed by atoms with Gasteiger partial charge in [-0.15, -0.1) is 0 Å². The van der Waals surface area contributed by atoms with Crippen molar-refractivity contribution in [1.82, 2.24) is 9.80 Å². The molecule has 0 aromatic carbocycles. The molecular formula is C14H29N3O. The van der Waals surface area contributed by atoms with Gasteiger partial charge in [0.2, 0.25) is 5.91 Å². The van der Waals surface area contributed by atoms with E-state index in [9.17, 15) is 4.79 Å². The minimum atomic E-state index is 0.236. The first kappa shape index (κ1) is 15.4. The van der Waals surface area contributed by atoms with Gasteiger partial charge < -0.3 is 10.6 Å². The van der Waals surface area contributed by atoms with Crippen LogP contribution in [-0.4, -0.2) is 54.5 Å². The van der Waals surface area contributed by atoms with Crippen LogP contribution in [0.4, 0.5) is 0 Å². The largest absolute Gasteiger partial charge is 0.342 e. The fourth-order valence-corrected chi connectivity index (χ4v) is 3.18. The van der Waals surface area contributed by atoms with Crippen molar-refractivity contribution in [3.8, 4) is 0 Å². The molecule has 0 spiro atoms. The Labute approximate surface area is 111 Å². The van der Waals surface area contributed by atoms with Crippen LogP contribution in [0, 0.1) is 11.8 Å². The molecule has 4 nitrogen and oxygen atoms in total. The highest BCUT2D eigenvalue weighted by Crippen LogP contribution is 2.26. The number of rotatable bonds is 5. The van der Waals surface area contributed by atoms with Gasteiger partial charge in [-0.25, -0.2) is 0 Å². The third-order valence-corrected chi connectivity index (χ3v) is 4.14. The van der Waals surface area contributed by atoms with Gasteiger partial charge >= 0.3 is 0 Å². The lowest BCUT2D eigenvalue weighted by molar-refractivity contribution is -0.133. The number of hydrogen-bond acceptors (Lipinski definition) is 3. The lowest BCUT2D eigenvalue weighted by Gasteiger charge is -2.42. The van der Waals surface area contributed by atoms with E-state index in [0.717, 1.165) is 19.6 Å². The summed E-state index contributed by atoms with van der Waals surface area (Å²) < 4.78 is 0. The van der Waals surface area contributed by atoms with Crippen molar-refractivity contribution in [1.29, 1.82) is 0 Å². The number of piperidine rings is 1. The molecular weight excluding hydrogens is 226 g/mol. The van der Waals surface area contributed by atoms with E-state index in [-0.39, 0.29) is 5.91 Å². The number of carbonyl (C=O) groups excluding carboxylic acids is 1. The lowest BCUT2D eigenvalue weighted by atomic mass is 9.85. The first-order valence-corrected chi connectivity index (χ1v) is 7.25. The summed E-state index contributed by atoms with van der Waals surface area (Å²) in [5.74, 6) is 1.48. The summed E-state index contributed by atoms with van der Waals surface area (Å²) in [5, 5.41) is 0. The van der Waals surface area contributed by atoms with Crippen LogP contribution in [0.5, 0.6) is 0 Å². The summed E-state index contributed by atoms with van der Waals surface area (Å²) in [6.07, 6.45) is 1.22.